The summed E-state index contributed by atoms with van der Waals surface area (Å²) in [4.78, 5) is 7.31. The van der Waals surface area contributed by atoms with E-state index in [0.717, 1.165) is 18.8 Å². The number of nitrogens with zero attached hydrogens (tertiary/aromatic N) is 5. The standard InChI is InChI=1S/C9H15N5/c1-7-13(2)9-4-3-8(5-11-12-10)14(7)6-9/h8-9H,1,3-6H2,2H3. The molecule has 2 unspecified atom stereocenters. The molecule has 2 fully saturated rings. The molecular formula is C9H15N5. The van der Waals surface area contributed by atoms with E-state index >= 15 is 0 Å². The number of fused-ring (bicyclic) bond motifs is 2. The quantitative estimate of drug-likeness (QED) is 0.379. The number of hydrogen-bond acceptors (Lipinski definition) is 3. The summed E-state index contributed by atoms with van der Waals surface area (Å²) in [6.45, 7) is 5.66. The van der Waals surface area contributed by atoms with E-state index in [1.54, 1.807) is 0 Å². The minimum absolute atomic E-state index is 0.361. The van der Waals surface area contributed by atoms with E-state index in [2.05, 4.69) is 33.5 Å². The van der Waals surface area contributed by atoms with Crippen molar-refractivity contribution < 1.29 is 0 Å². The van der Waals surface area contributed by atoms with E-state index in [4.69, 9.17) is 5.53 Å². The molecule has 2 aliphatic rings. The third-order valence-corrected chi connectivity index (χ3v) is 3.32. The normalized spacial score (nSPS) is 30.5. The number of azide groups is 1. The minimum Gasteiger partial charge on any atom is -0.357 e. The fourth-order valence-corrected chi connectivity index (χ4v) is 2.37. The van der Waals surface area contributed by atoms with Crippen LogP contribution in [0.2, 0.25) is 0 Å². The Morgan fingerprint density at radius 3 is 3.14 bits per heavy atom. The molecule has 0 aromatic heterocycles. The fraction of sp³-hybridized carbons (Fsp3) is 0.778. The molecule has 0 aromatic carbocycles. The maximum absolute atomic E-state index is 8.29. The van der Waals surface area contributed by atoms with Gasteiger partial charge in [0.25, 0.3) is 0 Å². The van der Waals surface area contributed by atoms with Gasteiger partial charge in [-0.05, 0) is 18.4 Å². The Morgan fingerprint density at radius 1 is 1.64 bits per heavy atom. The average Bonchev–Trinajstić information content (AvgIpc) is 2.44. The summed E-state index contributed by atoms with van der Waals surface area (Å²) in [6.07, 6.45) is 2.28. The van der Waals surface area contributed by atoms with Crippen LogP contribution in [0.3, 0.4) is 0 Å². The third kappa shape index (κ3) is 1.30. The summed E-state index contributed by atoms with van der Waals surface area (Å²) in [6, 6.07) is 0.976. The van der Waals surface area contributed by atoms with Crippen LogP contribution in [0.15, 0.2) is 17.5 Å². The number of likely N-dealkylation sites (N-methyl/N-ethyl adjacent to an activating group) is 1. The van der Waals surface area contributed by atoms with Gasteiger partial charge in [-0.25, -0.2) is 0 Å². The molecule has 0 spiro atoms. The van der Waals surface area contributed by atoms with Crippen LogP contribution in [0.5, 0.6) is 0 Å². The molecule has 2 atom stereocenters. The Kier molecular flexibility index (Phi) is 2.25. The van der Waals surface area contributed by atoms with Crippen molar-refractivity contribution in [2.75, 3.05) is 20.1 Å². The van der Waals surface area contributed by atoms with E-state index in [-0.39, 0.29) is 0 Å². The van der Waals surface area contributed by atoms with Crippen molar-refractivity contribution in [3.05, 3.63) is 22.8 Å². The Labute approximate surface area is 83.6 Å². The molecule has 2 heterocycles. The van der Waals surface area contributed by atoms with Gasteiger partial charge in [0.1, 0.15) is 0 Å². The van der Waals surface area contributed by atoms with E-state index in [1.165, 1.54) is 6.42 Å². The van der Waals surface area contributed by atoms with Gasteiger partial charge in [0.15, 0.2) is 0 Å². The summed E-state index contributed by atoms with van der Waals surface area (Å²) >= 11 is 0. The van der Waals surface area contributed by atoms with Gasteiger partial charge >= 0.3 is 0 Å². The average molecular weight is 193 g/mol. The van der Waals surface area contributed by atoms with E-state index in [0.29, 0.717) is 18.6 Å². The maximum atomic E-state index is 8.29. The lowest BCUT2D eigenvalue weighted by molar-refractivity contribution is 0.229. The molecule has 0 aliphatic carbocycles. The Morgan fingerprint density at radius 2 is 2.43 bits per heavy atom. The van der Waals surface area contributed by atoms with Gasteiger partial charge in [-0.2, -0.15) is 0 Å². The summed E-state index contributed by atoms with van der Waals surface area (Å²) in [5.74, 6) is 1.07. The van der Waals surface area contributed by atoms with Crippen LogP contribution in [0.1, 0.15) is 12.8 Å². The van der Waals surface area contributed by atoms with Crippen molar-refractivity contribution in [3.63, 3.8) is 0 Å². The van der Waals surface area contributed by atoms with Crippen LogP contribution in [-0.2, 0) is 0 Å². The lowest BCUT2D eigenvalue weighted by atomic mass is 10.0. The molecule has 5 nitrogen and oxygen atoms in total. The first kappa shape index (κ1) is 9.21. The van der Waals surface area contributed by atoms with Gasteiger partial charge in [0, 0.05) is 37.1 Å². The summed E-state index contributed by atoms with van der Waals surface area (Å²) in [7, 11) is 2.09. The highest BCUT2D eigenvalue weighted by atomic mass is 15.4. The van der Waals surface area contributed by atoms with Crippen LogP contribution >= 0.6 is 0 Å². The molecule has 2 bridgehead atoms. The molecule has 0 N–H and O–H groups in total. The lowest BCUT2D eigenvalue weighted by Gasteiger charge is -2.31. The molecule has 2 aliphatic heterocycles. The van der Waals surface area contributed by atoms with Crippen LogP contribution < -0.4 is 0 Å². The second-order valence-electron chi connectivity index (χ2n) is 3.98. The van der Waals surface area contributed by atoms with Crippen LogP contribution in [0.25, 0.3) is 10.4 Å². The molecule has 14 heavy (non-hydrogen) atoms. The summed E-state index contributed by atoms with van der Waals surface area (Å²) in [5, 5.41) is 3.65. The van der Waals surface area contributed by atoms with Crippen molar-refractivity contribution in [1.29, 1.82) is 0 Å². The summed E-state index contributed by atoms with van der Waals surface area (Å²) in [5.41, 5.74) is 8.29. The fourth-order valence-electron chi connectivity index (χ4n) is 2.37. The molecule has 5 heteroatoms. The van der Waals surface area contributed by atoms with Gasteiger partial charge in [0.05, 0.1) is 5.82 Å². The Balaban J connectivity index is 2.09. The minimum atomic E-state index is 0.361. The molecule has 0 amide bonds. The SMILES string of the molecule is C=C1N(C)C2CCC(CN=[N+]=[N-])N1C2. The third-order valence-electron chi connectivity index (χ3n) is 3.32. The molecule has 76 valence electrons. The van der Waals surface area contributed by atoms with Crippen molar-refractivity contribution in [1.82, 2.24) is 9.80 Å². The Hall–Kier alpha value is -1.35. The predicted molar refractivity (Wildman–Crippen MR) is 54.4 cm³/mol. The van der Waals surface area contributed by atoms with Crippen molar-refractivity contribution in [2.45, 2.75) is 24.9 Å². The van der Waals surface area contributed by atoms with Gasteiger partial charge in [-0.3, -0.25) is 0 Å². The zero-order valence-corrected chi connectivity index (χ0v) is 8.43. The molecule has 2 saturated heterocycles. The molecule has 0 saturated carbocycles. The Bertz CT molecular complexity index is 294. The number of piperidine rings is 1. The van der Waals surface area contributed by atoms with Gasteiger partial charge in [0.2, 0.25) is 0 Å². The second kappa shape index (κ2) is 3.42. The highest BCUT2D eigenvalue weighted by molar-refractivity contribution is 5.09. The smallest absolute Gasteiger partial charge is 0.0968 e. The van der Waals surface area contributed by atoms with E-state index < -0.39 is 0 Å². The first-order valence-corrected chi connectivity index (χ1v) is 4.93. The monoisotopic (exact) mass is 193 g/mol. The zero-order chi connectivity index (χ0) is 10.1. The van der Waals surface area contributed by atoms with Gasteiger partial charge in [-0.1, -0.05) is 11.7 Å². The highest BCUT2D eigenvalue weighted by Crippen LogP contribution is 2.32. The van der Waals surface area contributed by atoms with E-state index in [9.17, 15) is 0 Å². The zero-order valence-electron chi connectivity index (χ0n) is 8.43. The number of rotatable bonds is 2. The molecule has 0 radical (unpaired) electrons. The molecule has 2 rings (SSSR count). The predicted octanol–water partition coefficient (Wildman–Crippen LogP) is 1.55. The first-order valence-electron chi connectivity index (χ1n) is 4.93. The van der Waals surface area contributed by atoms with Crippen LogP contribution in [-0.4, -0.2) is 42.0 Å². The van der Waals surface area contributed by atoms with E-state index in [1.807, 2.05) is 0 Å². The summed E-state index contributed by atoms with van der Waals surface area (Å²) < 4.78 is 0. The van der Waals surface area contributed by atoms with Crippen LogP contribution in [0, 0.1) is 0 Å². The first-order chi connectivity index (χ1) is 6.74. The highest BCUT2D eigenvalue weighted by Gasteiger charge is 2.38. The second-order valence-corrected chi connectivity index (χ2v) is 3.98. The van der Waals surface area contributed by atoms with Crippen LogP contribution in [0.4, 0.5) is 0 Å². The molecular weight excluding hydrogens is 178 g/mol. The topological polar surface area (TPSA) is 55.2 Å². The molecule has 0 aromatic rings. The lowest BCUT2D eigenvalue weighted by Crippen LogP contribution is -2.39. The van der Waals surface area contributed by atoms with Gasteiger partial charge < -0.3 is 9.80 Å². The maximum Gasteiger partial charge on any atom is 0.0968 e. The largest absolute Gasteiger partial charge is 0.357 e. The van der Waals surface area contributed by atoms with Crippen molar-refractivity contribution in [3.8, 4) is 0 Å². The van der Waals surface area contributed by atoms with Crippen molar-refractivity contribution >= 4 is 0 Å². The van der Waals surface area contributed by atoms with Gasteiger partial charge in [-0.15, -0.1) is 0 Å². The number of hydrogen-bond donors (Lipinski definition) is 0. The van der Waals surface area contributed by atoms with Crippen molar-refractivity contribution in [2.24, 2.45) is 5.11 Å².